The molecule has 7 heteroatoms. The van der Waals surface area contributed by atoms with Crippen molar-refractivity contribution < 1.29 is 17.9 Å². The fraction of sp³-hybridized carbons (Fsp3) is 0.316. The lowest BCUT2D eigenvalue weighted by atomic mass is 10.3. The van der Waals surface area contributed by atoms with E-state index < -0.39 is 10.0 Å². The van der Waals surface area contributed by atoms with Crippen LogP contribution in [0.25, 0.3) is 0 Å². The van der Waals surface area contributed by atoms with Crippen LogP contribution in [0.5, 0.6) is 5.75 Å². The van der Waals surface area contributed by atoms with Gasteiger partial charge in [-0.1, -0.05) is 0 Å². The van der Waals surface area contributed by atoms with E-state index in [1.165, 1.54) is 31.9 Å². The molecular formula is C19H22N2O4S. The van der Waals surface area contributed by atoms with Crippen molar-refractivity contribution in [3.63, 3.8) is 0 Å². The fourth-order valence-corrected chi connectivity index (χ4v) is 3.99. The van der Waals surface area contributed by atoms with Crippen LogP contribution in [0, 0.1) is 0 Å². The second kappa shape index (κ2) is 7.78. The zero-order valence-corrected chi connectivity index (χ0v) is 15.4. The summed E-state index contributed by atoms with van der Waals surface area (Å²) in [7, 11) is -3.70. The molecule has 1 saturated carbocycles. The summed E-state index contributed by atoms with van der Waals surface area (Å²) in [6.07, 6.45) is 4.80. The molecule has 0 aliphatic heterocycles. The van der Waals surface area contributed by atoms with Gasteiger partial charge in [0.2, 0.25) is 5.91 Å². The van der Waals surface area contributed by atoms with Gasteiger partial charge in [0, 0.05) is 18.3 Å². The third-order valence-electron chi connectivity index (χ3n) is 4.20. The van der Waals surface area contributed by atoms with Gasteiger partial charge in [-0.3, -0.25) is 9.52 Å². The first kappa shape index (κ1) is 18.3. The van der Waals surface area contributed by atoms with Gasteiger partial charge in [-0.2, -0.15) is 0 Å². The number of carbonyl (C=O) groups excluding carboxylic acids is 1. The molecule has 2 aromatic rings. The van der Waals surface area contributed by atoms with Crippen LogP contribution in [0.15, 0.2) is 53.4 Å². The summed E-state index contributed by atoms with van der Waals surface area (Å²) in [5, 5.41) is 2.60. The summed E-state index contributed by atoms with van der Waals surface area (Å²) in [6.45, 7) is 1.40. The normalized spacial score (nSPS) is 14.8. The van der Waals surface area contributed by atoms with Gasteiger partial charge in [-0.05, 0) is 74.2 Å². The zero-order chi connectivity index (χ0) is 18.6. The molecule has 6 nitrogen and oxygen atoms in total. The van der Waals surface area contributed by atoms with E-state index in [0.717, 1.165) is 18.6 Å². The Morgan fingerprint density at radius 1 is 0.962 bits per heavy atom. The summed E-state index contributed by atoms with van der Waals surface area (Å²) in [5.74, 6) is 0.540. The lowest BCUT2D eigenvalue weighted by molar-refractivity contribution is -0.114. The SMILES string of the molecule is CC(=O)Nc1ccc(S(=O)(=O)Nc2ccc(OC3CCCC3)cc2)cc1. The molecule has 0 atom stereocenters. The van der Waals surface area contributed by atoms with E-state index in [9.17, 15) is 13.2 Å². The predicted molar refractivity (Wildman–Crippen MR) is 101 cm³/mol. The van der Waals surface area contributed by atoms with Crippen LogP contribution >= 0.6 is 0 Å². The van der Waals surface area contributed by atoms with Crippen molar-refractivity contribution in [3.8, 4) is 5.75 Å². The minimum Gasteiger partial charge on any atom is -0.490 e. The quantitative estimate of drug-likeness (QED) is 0.806. The van der Waals surface area contributed by atoms with Crippen LogP contribution in [0.2, 0.25) is 0 Å². The number of hydrogen-bond acceptors (Lipinski definition) is 4. The van der Waals surface area contributed by atoms with Gasteiger partial charge in [0.1, 0.15) is 5.75 Å². The van der Waals surface area contributed by atoms with Gasteiger partial charge in [-0.15, -0.1) is 0 Å². The Morgan fingerprint density at radius 3 is 2.12 bits per heavy atom. The maximum Gasteiger partial charge on any atom is 0.261 e. The maximum absolute atomic E-state index is 12.5. The number of anilines is 2. The maximum atomic E-state index is 12.5. The van der Waals surface area contributed by atoms with Gasteiger partial charge < -0.3 is 10.1 Å². The van der Waals surface area contributed by atoms with E-state index in [2.05, 4.69) is 10.0 Å². The number of hydrogen-bond donors (Lipinski definition) is 2. The Labute approximate surface area is 153 Å². The van der Waals surface area contributed by atoms with Crippen LogP contribution in [0.1, 0.15) is 32.6 Å². The molecular weight excluding hydrogens is 352 g/mol. The highest BCUT2D eigenvalue weighted by Crippen LogP contribution is 2.26. The number of benzene rings is 2. The molecule has 0 spiro atoms. The molecule has 138 valence electrons. The average molecular weight is 374 g/mol. The van der Waals surface area contributed by atoms with Crippen LogP contribution in [-0.4, -0.2) is 20.4 Å². The van der Waals surface area contributed by atoms with Crippen molar-refractivity contribution in [2.75, 3.05) is 10.0 Å². The molecule has 2 N–H and O–H groups in total. The topological polar surface area (TPSA) is 84.5 Å². The van der Waals surface area contributed by atoms with E-state index in [-0.39, 0.29) is 16.9 Å². The van der Waals surface area contributed by atoms with Crippen molar-refractivity contribution in [3.05, 3.63) is 48.5 Å². The van der Waals surface area contributed by atoms with Crippen LogP contribution in [-0.2, 0) is 14.8 Å². The van der Waals surface area contributed by atoms with Gasteiger partial charge in [0.25, 0.3) is 10.0 Å². The largest absolute Gasteiger partial charge is 0.490 e. The minimum absolute atomic E-state index is 0.123. The summed E-state index contributed by atoms with van der Waals surface area (Å²) < 4.78 is 33.4. The average Bonchev–Trinajstić information content (AvgIpc) is 3.09. The fourth-order valence-electron chi connectivity index (χ4n) is 2.93. The molecule has 1 amide bonds. The highest BCUT2D eigenvalue weighted by Gasteiger charge is 2.17. The Bertz CT molecular complexity index is 855. The molecule has 0 bridgehead atoms. The second-order valence-corrected chi connectivity index (χ2v) is 8.04. The molecule has 0 saturated heterocycles. The van der Waals surface area contributed by atoms with E-state index >= 15 is 0 Å². The van der Waals surface area contributed by atoms with Crippen molar-refractivity contribution in [2.45, 2.75) is 43.6 Å². The number of ether oxygens (including phenoxy) is 1. The van der Waals surface area contributed by atoms with Crippen LogP contribution in [0.3, 0.4) is 0 Å². The van der Waals surface area contributed by atoms with Crippen LogP contribution in [0.4, 0.5) is 11.4 Å². The number of sulfonamides is 1. The highest BCUT2D eigenvalue weighted by molar-refractivity contribution is 7.92. The van der Waals surface area contributed by atoms with E-state index in [1.54, 1.807) is 36.4 Å². The number of amides is 1. The Hall–Kier alpha value is -2.54. The first-order valence-corrected chi connectivity index (χ1v) is 10.1. The van der Waals surface area contributed by atoms with Gasteiger partial charge in [0.15, 0.2) is 0 Å². The molecule has 1 fully saturated rings. The zero-order valence-electron chi connectivity index (χ0n) is 14.6. The first-order chi connectivity index (χ1) is 12.4. The highest BCUT2D eigenvalue weighted by atomic mass is 32.2. The lowest BCUT2D eigenvalue weighted by Crippen LogP contribution is -2.13. The second-order valence-electron chi connectivity index (χ2n) is 6.36. The third-order valence-corrected chi connectivity index (χ3v) is 5.59. The molecule has 2 aromatic carbocycles. The molecule has 0 unspecified atom stereocenters. The first-order valence-electron chi connectivity index (χ1n) is 8.59. The Morgan fingerprint density at radius 2 is 1.54 bits per heavy atom. The molecule has 0 heterocycles. The van der Waals surface area contributed by atoms with Crippen molar-refractivity contribution in [1.82, 2.24) is 0 Å². The summed E-state index contributed by atoms with van der Waals surface area (Å²) in [4.78, 5) is 11.1. The molecule has 1 aliphatic carbocycles. The van der Waals surface area contributed by atoms with Crippen LogP contribution < -0.4 is 14.8 Å². The number of nitrogens with one attached hydrogen (secondary N) is 2. The van der Waals surface area contributed by atoms with E-state index in [1.807, 2.05) is 0 Å². The number of carbonyl (C=O) groups is 1. The Balaban J connectivity index is 1.65. The molecule has 0 radical (unpaired) electrons. The smallest absolute Gasteiger partial charge is 0.261 e. The third kappa shape index (κ3) is 4.76. The number of rotatable bonds is 6. The summed E-state index contributed by atoms with van der Waals surface area (Å²) >= 11 is 0. The van der Waals surface area contributed by atoms with Crippen molar-refractivity contribution >= 4 is 27.3 Å². The monoisotopic (exact) mass is 374 g/mol. The molecule has 26 heavy (non-hydrogen) atoms. The minimum atomic E-state index is -3.70. The van der Waals surface area contributed by atoms with Gasteiger partial charge >= 0.3 is 0 Å². The lowest BCUT2D eigenvalue weighted by Gasteiger charge is -2.14. The molecule has 0 aromatic heterocycles. The molecule has 3 rings (SSSR count). The standard InChI is InChI=1S/C19H22N2O4S/c1-14(22)20-15-8-12-19(13-9-15)26(23,24)21-16-6-10-18(11-7-16)25-17-4-2-3-5-17/h6-13,17,21H,2-5H2,1H3,(H,20,22). The van der Waals surface area contributed by atoms with E-state index in [4.69, 9.17) is 4.74 Å². The van der Waals surface area contributed by atoms with Crippen molar-refractivity contribution in [2.24, 2.45) is 0 Å². The molecule has 1 aliphatic rings. The van der Waals surface area contributed by atoms with Crippen molar-refractivity contribution in [1.29, 1.82) is 0 Å². The Kier molecular flexibility index (Phi) is 5.46. The summed E-state index contributed by atoms with van der Waals surface area (Å²) in [6, 6.07) is 12.9. The predicted octanol–water partition coefficient (Wildman–Crippen LogP) is 3.77. The summed E-state index contributed by atoms with van der Waals surface area (Å²) in [5.41, 5.74) is 1.01. The van der Waals surface area contributed by atoms with E-state index in [0.29, 0.717) is 11.4 Å². The van der Waals surface area contributed by atoms with Gasteiger partial charge in [-0.25, -0.2) is 8.42 Å². The van der Waals surface area contributed by atoms with Gasteiger partial charge in [0.05, 0.1) is 11.0 Å².